The minimum absolute atomic E-state index is 0.218. The molecular formula is C15H23BCl2N4O3. The number of aromatic nitrogens is 2. The molecule has 0 radical (unpaired) electrons. The van der Waals surface area contributed by atoms with Crippen LogP contribution in [0.2, 0.25) is 17.1 Å². The summed E-state index contributed by atoms with van der Waals surface area (Å²) in [5.41, 5.74) is 0. The van der Waals surface area contributed by atoms with Crippen molar-refractivity contribution in [2.24, 2.45) is 0 Å². The van der Waals surface area contributed by atoms with Crippen molar-refractivity contribution in [3.05, 3.63) is 16.4 Å². The van der Waals surface area contributed by atoms with Gasteiger partial charge < -0.3 is 24.6 Å². The maximum absolute atomic E-state index is 9.97. The third-order valence-corrected chi connectivity index (χ3v) is 5.15. The average molecular weight is 389 g/mol. The van der Waals surface area contributed by atoms with E-state index in [2.05, 4.69) is 20.3 Å². The molecule has 0 saturated carbocycles. The van der Waals surface area contributed by atoms with E-state index in [1.165, 1.54) is 0 Å². The predicted molar refractivity (Wildman–Crippen MR) is 97.3 cm³/mol. The Morgan fingerprint density at radius 2 is 2.08 bits per heavy atom. The van der Waals surface area contributed by atoms with Gasteiger partial charge in [0, 0.05) is 24.2 Å². The molecule has 3 rings (SSSR count). The molecule has 25 heavy (non-hydrogen) atoms. The van der Waals surface area contributed by atoms with E-state index in [0.717, 1.165) is 25.8 Å². The number of halogens is 2. The zero-order valence-corrected chi connectivity index (χ0v) is 15.7. The summed E-state index contributed by atoms with van der Waals surface area (Å²) >= 11 is 11.7. The van der Waals surface area contributed by atoms with Crippen LogP contribution >= 0.6 is 23.2 Å². The van der Waals surface area contributed by atoms with Gasteiger partial charge in [-0.25, -0.2) is 0 Å². The summed E-state index contributed by atoms with van der Waals surface area (Å²) in [7, 11) is -0.418. The molecule has 2 N–H and O–H groups in total. The second-order valence-corrected chi connectivity index (χ2v) is 7.32. The lowest BCUT2D eigenvalue weighted by Crippen LogP contribution is -2.64. The summed E-state index contributed by atoms with van der Waals surface area (Å²) < 4.78 is 11.3. The van der Waals surface area contributed by atoms with Crippen LogP contribution in [0.25, 0.3) is 0 Å². The highest BCUT2D eigenvalue weighted by molar-refractivity contribution is 6.45. The van der Waals surface area contributed by atoms with Crippen LogP contribution in [0.4, 0.5) is 0 Å². The molecule has 2 bridgehead atoms. The molecule has 1 aromatic heterocycles. The number of nitrogens with zero attached hydrogens (tertiary/aromatic N) is 3. The number of ether oxygens (including phenoxy) is 2. The molecule has 0 aliphatic carbocycles. The fourth-order valence-electron chi connectivity index (χ4n) is 3.72. The van der Waals surface area contributed by atoms with Gasteiger partial charge >= 0.3 is 7.05 Å². The lowest BCUT2D eigenvalue weighted by atomic mass is 9.75. The van der Waals surface area contributed by atoms with E-state index < -0.39 is 7.05 Å². The summed E-state index contributed by atoms with van der Waals surface area (Å²) in [4.78, 5) is 2.19. The summed E-state index contributed by atoms with van der Waals surface area (Å²) in [6.45, 7) is 4.59. The quantitative estimate of drug-likeness (QED) is 0.540. The number of piperidine rings is 1. The predicted octanol–water partition coefficient (Wildman–Crippen LogP) is 1.48. The summed E-state index contributed by atoms with van der Waals surface area (Å²) in [6.07, 6.45) is 2.81. The Hall–Kier alpha value is -0.635. The molecule has 3 atom stereocenters. The third kappa shape index (κ3) is 4.96. The largest absolute Gasteiger partial charge is 0.490 e. The maximum atomic E-state index is 9.97. The second-order valence-electron chi connectivity index (χ2n) is 6.57. The average Bonchev–Trinajstić information content (AvgIpc) is 2.56. The number of rotatable bonds is 7. The first-order valence-corrected chi connectivity index (χ1v) is 9.38. The normalized spacial score (nSPS) is 26.5. The monoisotopic (exact) mass is 388 g/mol. The van der Waals surface area contributed by atoms with E-state index >= 15 is 0 Å². The molecule has 2 fully saturated rings. The van der Waals surface area contributed by atoms with Crippen molar-refractivity contribution in [3.8, 4) is 5.75 Å². The number of nitrogens with one attached hydrogen (secondary N) is 1. The van der Waals surface area contributed by atoms with Crippen molar-refractivity contribution < 1.29 is 14.5 Å². The van der Waals surface area contributed by atoms with Gasteiger partial charge in [-0.05, 0) is 32.6 Å². The van der Waals surface area contributed by atoms with Crippen molar-refractivity contribution in [2.75, 3.05) is 26.4 Å². The van der Waals surface area contributed by atoms with Gasteiger partial charge in [-0.1, -0.05) is 23.2 Å². The molecule has 0 spiro atoms. The lowest BCUT2D eigenvalue weighted by molar-refractivity contribution is -0.0472. The van der Waals surface area contributed by atoms with E-state index in [-0.39, 0.29) is 22.4 Å². The van der Waals surface area contributed by atoms with Crippen LogP contribution in [0.1, 0.15) is 19.3 Å². The van der Waals surface area contributed by atoms with Crippen LogP contribution in [0.15, 0.2) is 6.07 Å². The highest BCUT2D eigenvalue weighted by Gasteiger charge is 2.41. The summed E-state index contributed by atoms with van der Waals surface area (Å²) in [6, 6.07) is 2.57. The van der Waals surface area contributed by atoms with Gasteiger partial charge in [0.1, 0.15) is 0 Å². The van der Waals surface area contributed by atoms with E-state index in [1.54, 1.807) is 6.07 Å². The Kier molecular flexibility index (Phi) is 6.76. The second kappa shape index (κ2) is 8.84. The lowest BCUT2D eigenvalue weighted by Gasteiger charge is -2.49. The van der Waals surface area contributed by atoms with E-state index in [1.807, 2.05) is 6.82 Å². The van der Waals surface area contributed by atoms with Gasteiger partial charge in [-0.2, -0.15) is 0 Å². The number of morpholine rings is 1. The van der Waals surface area contributed by atoms with Crippen LogP contribution in [0.3, 0.4) is 0 Å². The fourth-order valence-corrected chi connectivity index (χ4v) is 4.00. The van der Waals surface area contributed by atoms with Gasteiger partial charge in [0.15, 0.2) is 16.1 Å². The van der Waals surface area contributed by atoms with Crippen molar-refractivity contribution in [1.29, 1.82) is 0 Å². The molecule has 1 aromatic rings. The minimum atomic E-state index is -0.418. The van der Waals surface area contributed by atoms with Crippen molar-refractivity contribution in [1.82, 2.24) is 20.3 Å². The first kappa shape index (κ1) is 19.1. The number of fused-ring (bicyclic) bond motifs is 2. The summed E-state index contributed by atoms with van der Waals surface area (Å²) in [5.74, 6) is 0.457. The Morgan fingerprint density at radius 1 is 1.36 bits per heavy atom. The van der Waals surface area contributed by atoms with Crippen molar-refractivity contribution in [2.45, 2.75) is 44.2 Å². The van der Waals surface area contributed by atoms with Crippen LogP contribution in [-0.2, 0) is 4.74 Å². The molecule has 0 aromatic carbocycles. The Morgan fingerprint density at radius 3 is 2.76 bits per heavy atom. The van der Waals surface area contributed by atoms with Crippen molar-refractivity contribution in [3.63, 3.8) is 0 Å². The van der Waals surface area contributed by atoms with Crippen LogP contribution in [0.5, 0.6) is 5.75 Å². The summed E-state index contributed by atoms with van der Waals surface area (Å²) in [5, 5.41) is 21.4. The third-order valence-electron chi connectivity index (χ3n) is 4.71. The Bertz CT molecular complexity index is 570. The molecule has 3 heterocycles. The molecule has 138 valence electrons. The molecule has 0 amide bonds. The van der Waals surface area contributed by atoms with Crippen LogP contribution < -0.4 is 10.1 Å². The highest BCUT2D eigenvalue weighted by Crippen LogP contribution is 2.28. The smallest absolute Gasteiger partial charge is 0.377 e. The zero-order valence-electron chi connectivity index (χ0n) is 14.2. The zero-order chi connectivity index (χ0) is 17.8. The topological polar surface area (TPSA) is 79.7 Å². The highest BCUT2D eigenvalue weighted by atomic mass is 35.5. The molecule has 7 nitrogen and oxygen atoms in total. The Balaban J connectivity index is 1.39. The number of hydrogen-bond donors (Lipinski definition) is 2. The van der Waals surface area contributed by atoms with E-state index in [9.17, 15) is 5.02 Å². The van der Waals surface area contributed by atoms with Gasteiger partial charge in [-0.3, -0.25) is 0 Å². The van der Waals surface area contributed by atoms with Crippen molar-refractivity contribution >= 4 is 30.3 Å². The molecule has 2 unspecified atom stereocenters. The Labute approximate surface area is 158 Å². The van der Waals surface area contributed by atoms with Gasteiger partial charge in [0.2, 0.25) is 0 Å². The molecule has 2 aliphatic rings. The van der Waals surface area contributed by atoms with Gasteiger partial charge in [0.25, 0.3) is 0 Å². The standard InChI is InChI=1S/C15H23BCl2N4O3/c1-16(23)22-11-5-10(6-12(22)9-24-8-11)19-3-2-4-25-13-7-14(17)20-21-15(13)18/h7,10-12,19,23H,2-6,8-9H2,1H3/t10?,11-,12?/m1/s1. The first-order chi connectivity index (χ1) is 12.0. The first-order valence-electron chi connectivity index (χ1n) is 8.62. The number of hydrogen-bond acceptors (Lipinski definition) is 7. The van der Waals surface area contributed by atoms with E-state index in [4.69, 9.17) is 32.7 Å². The SMILES string of the molecule is CB(O)N1C2COC[C@H]1CC(NCCCOc1cc(Cl)nnc1Cl)C2. The van der Waals surface area contributed by atoms with Gasteiger partial charge in [-0.15, -0.1) is 10.2 Å². The van der Waals surface area contributed by atoms with Crippen LogP contribution in [0, 0.1) is 0 Å². The maximum Gasteiger partial charge on any atom is 0.377 e. The molecule has 2 saturated heterocycles. The minimum Gasteiger partial charge on any atom is -0.490 e. The van der Waals surface area contributed by atoms with Crippen LogP contribution in [-0.4, -0.2) is 71.6 Å². The molecular weight excluding hydrogens is 366 g/mol. The molecule has 2 aliphatic heterocycles. The molecule has 10 heteroatoms. The van der Waals surface area contributed by atoms with Gasteiger partial charge in [0.05, 0.1) is 19.8 Å². The van der Waals surface area contributed by atoms with E-state index in [0.29, 0.717) is 31.6 Å². The fraction of sp³-hybridized carbons (Fsp3) is 0.733.